The molecule has 0 saturated heterocycles. The van der Waals surface area contributed by atoms with E-state index in [1.165, 1.54) is 31.7 Å². The first-order chi connectivity index (χ1) is 16.6. The van der Waals surface area contributed by atoms with Crippen LogP contribution < -0.4 is 0 Å². The van der Waals surface area contributed by atoms with Crippen molar-refractivity contribution in [3.63, 3.8) is 0 Å². The van der Waals surface area contributed by atoms with E-state index < -0.39 is 17.5 Å². The van der Waals surface area contributed by atoms with Crippen LogP contribution in [0.5, 0.6) is 0 Å². The number of rotatable bonds is 19. The monoisotopic (exact) mass is 488 g/mol. The fraction of sp³-hybridized carbons (Fsp3) is 0.742. The Labute approximate surface area is 215 Å². The third-order valence-electron chi connectivity index (χ3n) is 6.93. The Morgan fingerprint density at radius 2 is 1.09 bits per heavy atom. The first-order valence-corrected chi connectivity index (χ1v) is 14.1. The second-order valence-corrected chi connectivity index (χ2v) is 11.7. The van der Waals surface area contributed by atoms with Gasteiger partial charge in [-0.15, -0.1) is 0 Å². The molecular weight excluding hydrogens is 436 g/mol. The van der Waals surface area contributed by atoms with Gasteiger partial charge in [0.2, 0.25) is 0 Å². The summed E-state index contributed by atoms with van der Waals surface area (Å²) >= 11 is 0. The number of hydrogen-bond donors (Lipinski definition) is 1. The van der Waals surface area contributed by atoms with E-state index in [-0.39, 0.29) is 11.1 Å². The summed E-state index contributed by atoms with van der Waals surface area (Å²) in [5, 5.41) is 9.60. The predicted molar refractivity (Wildman–Crippen MR) is 146 cm³/mol. The van der Waals surface area contributed by atoms with Crippen molar-refractivity contribution in [3.8, 4) is 0 Å². The zero-order valence-corrected chi connectivity index (χ0v) is 23.4. The van der Waals surface area contributed by atoms with Crippen molar-refractivity contribution in [3.05, 3.63) is 35.4 Å². The number of carbonyl (C=O) groups is 2. The van der Waals surface area contributed by atoms with Gasteiger partial charge in [-0.2, -0.15) is 0 Å². The zero-order valence-electron chi connectivity index (χ0n) is 23.4. The zero-order chi connectivity index (χ0) is 26.3. The fourth-order valence-corrected chi connectivity index (χ4v) is 4.80. The number of carboxylic acids is 1. The molecule has 200 valence electrons. The van der Waals surface area contributed by atoms with Crippen molar-refractivity contribution in [2.75, 3.05) is 0 Å². The summed E-state index contributed by atoms with van der Waals surface area (Å²) in [5.41, 5.74) is -0.342. The van der Waals surface area contributed by atoms with Crippen LogP contribution in [0.25, 0.3) is 0 Å². The smallest absolute Gasteiger partial charge is 0.339 e. The molecule has 0 atom stereocenters. The van der Waals surface area contributed by atoms with Crippen LogP contribution in [0.3, 0.4) is 0 Å². The topological polar surface area (TPSA) is 63.6 Å². The van der Waals surface area contributed by atoms with Crippen LogP contribution >= 0.6 is 0 Å². The van der Waals surface area contributed by atoms with E-state index >= 15 is 0 Å². The average Bonchev–Trinajstić information content (AvgIpc) is 2.79. The lowest BCUT2D eigenvalue weighted by atomic mass is 9.84. The molecule has 0 unspecified atom stereocenters. The second kappa shape index (κ2) is 16.8. The van der Waals surface area contributed by atoms with Gasteiger partial charge in [0, 0.05) is 0 Å². The Balaban J connectivity index is 3.08. The van der Waals surface area contributed by atoms with Crippen molar-refractivity contribution in [1.29, 1.82) is 0 Å². The lowest BCUT2D eigenvalue weighted by Crippen LogP contribution is -2.36. The lowest BCUT2D eigenvalue weighted by molar-refractivity contribution is -0.0364. The third-order valence-corrected chi connectivity index (χ3v) is 6.93. The Hall–Kier alpha value is -1.84. The number of carboxylic acid groups (broad SMARTS) is 1. The van der Waals surface area contributed by atoms with Crippen LogP contribution in [0.15, 0.2) is 24.3 Å². The molecule has 0 aliphatic rings. The summed E-state index contributed by atoms with van der Waals surface area (Å²) in [6.07, 6.45) is 13.8. The van der Waals surface area contributed by atoms with Crippen molar-refractivity contribution >= 4 is 11.9 Å². The number of benzene rings is 1. The van der Waals surface area contributed by atoms with E-state index in [1.807, 2.05) is 0 Å². The quantitative estimate of drug-likeness (QED) is 0.156. The molecular formula is C31H52O4. The highest BCUT2D eigenvalue weighted by atomic mass is 16.6. The summed E-state index contributed by atoms with van der Waals surface area (Å²) < 4.78 is 6.35. The fourth-order valence-electron chi connectivity index (χ4n) is 4.80. The van der Waals surface area contributed by atoms with Crippen LogP contribution in [0.4, 0.5) is 0 Å². The van der Waals surface area contributed by atoms with Gasteiger partial charge < -0.3 is 9.84 Å². The SMILES string of the molecule is CC(C)CCCCCC(CCCCC(C)C)(CCCCC(C)C)OC(=O)c1ccccc1C(=O)O. The van der Waals surface area contributed by atoms with Crippen molar-refractivity contribution in [2.24, 2.45) is 17.8 Å². The van der Waals surface area contributed by atoms with Gasteiger partial charge in [0.25, 0.3) is 0 Å². The average molecular weight is 489 g/mol. The molecule has 0 saturated carbocycles. The third kappa shape index (κ3) is 13.2. The van der Waals surface area contributed by atoms with Gasteiger partial charge in [-0.1, -0.05) is 98.6 Å². The van der Waals surface area contributed by atoms with Crippen LogP contribution in [0, 0.1) is 17.8 Å². The summed E-state index contributed by atoms with van der Waals surface area (Å²) in [6, 6.07) is 6.43. The highest BCUT2D eigenvalue weighted by Gasteiger charge is 2.34. The molecule has 4 heteroatoms. The molecule has 0 amide bonds. The molecule has 1 rings (SSSR count). The van der Waals surface area contributed by atoms with Crippen molar-refractivity contribution in [1.82, 2.24) is 0 Å². The molecule has 1 N–H and O–H groups in total. The van der Waals surface area contributed by atoms with Gasteiger partial charge in [0.05, 0.1) is 11.1 Å². The minimum absolute atomic E-state index is 0.0166. The second-order valence-electron chi connectivity index (χ2n) is 11.7. The number of esters is 1. The van der Waals surface area contributed by atoms with Gasteiger partial charge in [-0.25, -0.2) is 9.59 Å². The van der Waals surface area contributed by atoms with Crippen LogP contribution in [-0.4, -0.2) is 22.6 Å². The standard InChI is InChI=1S/C31H52O4/c1-24(2)16-8-7-13-21-31(22-14-11-17-25(3)4,23-15-12-18-26(5)6)35-30(34)28-20-10-9-19-27(28)29(32)33/h9-10,19-20,24-26H,7-8,11-18,21-23H2,1-6H3,(H,32,33). The van der Waals surface area contributed by atoms with E-state index in [0.717, 1.165) is 57.8 Å². The van der Waals surface area contributed by atoms with Crippen LogP contribution in [-0.2, 0) is 4.74 Å². The van der Waals surface area contributed by atoms with Gasteiger partial charge in [0.1, 0.15) is 5.60 Å². The first kappa shape index (κ1) is 31.2. The number of carbonyl (C=O) groups excluding carboxylic acids is 1. The number of hydrogen-bond acceptors (Lipinski definition) is 3. The van der Waals surface area contributed by atoms with Crippen molar-refractivity contribution in [2.45, 2.75) is 131 Å². The lowest BCUT2D eigenvalue weighted by Gasteiger charge is -2.35. The van der Waals surface area contributed by atoms with Crippen molar-refractivity contribution < 1.29 is 19.4 Å². The van der Waals surface area contributed by atoms with E-state index in [2.05, 4.69) is 41.5 Å². The molecule has 0 aromatic heterocycles. The van der Waals surface area contributed by atoms with Gasteiger partial charge in [-0.05, 0) is 68.4 Å². The largest absolute Gasteiger partial charge is 0.478 e. The summed E-state index contributed by atoms with van der Waals surface area (Å²) in [6.45, 7) is 13.5. The van der Waals surface area contributed by atoms with E-state index in [0.29, 0.717) is 17.8 Å². The molecule has 0 aliphatic carbocycles. The maximum Gasteiger partial charge on any atom is 0.339 e. The minimum Gasteiger partial charge on any atom is -0.478 e. The summed E-state index contributed by atoms with van der Waals surface area (Å²) in [7, 11) is 0. The van der Waals surface area contributed by atoms with E-state index in [1.54, 1.807) is 18.2 Å². The highest BCUT2D eigenvalue weighted by molar-refractivity contribution is 6.02. The molecule has 1 aromatic carbocycles. The molecule has 0 heterocycles. The minimum atomic E-state index is -1.09. The van der Waals surface area contributed by atoms with Crippen LogP contribution in [0.1, 0.15) is 146 Å². The van der Waals surface area contributed by atoms with Gasteiger partial charge >= 0.3 is 11.9 Å². The van der Waals surface area contributed by atoms with Gasteiger partial charge in [-0.3, -0.25) is 0 Å². The molecule has 35 heavy (non-hydrogen) atoms. The summed E-state index contributed by atoms with van der Waals surface area (Å²) in [5.74, 6) is 0.453. The van der Waals surface area contributed by atoms with Crippen LogP contribution in [0.2, 0.25) is 0 Å². The number of unbranched alkanes of at least 4 members (excludes halogenated alkanes) is 4. The Morgan fingerprint density at radius 3 is 1.51 bits per heavy atom. The molecule has 4 nitrogen and oxygen atoms in total. The number of ether oxygens (including phenoxy) is 1. The normalized spacial score (nSPS) is 12.0. The molecule has 0 radical (unpaired) electrons. The highest BCUT2D eigenvalue weighted by Crippen LogP contribution is 2.34. The molecule has 1 aromatic rings. The predicted octanol–water partition coefficient (Wildman–Crippen LogP) is 9.32. The molecule has 0 fully saturated rings. The Morgan fingerprint density at radius 1 is 0.686 bits per heavy atom. The van der Waals surface area contributed by atoms with Gasteiger partial charge in [0.15, 0.2) is 0 Å². The van der Waals surface area contributed by atoms with E-state index in [9.17, 15) is 14.7 Å². The maximum absolute atomic E-state index is 13.4. The molecule has 0 aliphatic heterocycles. The Bertz CT molecular complexity index is 719. The first-order valence-electron chi connectivity index (χ1n) is 14.1. The maximum atomic E-state index is 13.4. The molecule has 0 spiro atoms. The Kier molecular flexibility index (Phi) is 14.9. The molecule has 0 bridgehead atoms. The van der Waals surface area contributed by atoms with E-state index in [4.69, 9.17) is 4.74 Å². The summed E-state index contributed by atoms with van der Waals surface area (Å²) in [4.78, 5) is 25.1. The number of aromatic carboxylic acids is 1.